The number of ether oxygens (including phenoxy) is 1. The van der Waals surface area contributed by atoms with Crippen molar-refractivity contribution in [1.82, 2.24) is 0 Å². The molecule has 0 saturated carbocycles. The van der Waals surface area contributed by atoms with Crippen molar-refractivity contribution in [1.29, 1.82) is 0 Å². The first-order valence-electron chi connectivity index (χ1n) is 9.69. The molecule has 0 spiro atoms. The van der Waals surface area contributed by atoms with Crippen molar-refractivity contribution in [3.8, 4) is 0 Å². The summed E-state index contributed by atoms with van der Waals surface area (Å²) < 4.78 is 5.73. The molecule has 1 saturated heterocycles. The molecule has 0 aliphatic carbocycles. The lowest BCUT2D eigenvalue weighted by Crippen LogP contribution is -2.55. The molecule has 28 heavy (non-hydrogen) atoms. The molecule has 6 heteroatoms. The van der Waals surface area contributed by atoms with Crippen LogP contribution in [0.15, 0.2) is 47.4 Å². The van der Waals surface area contributed by atoms with Crippen molar-refractivity contribution < 1.29 is 25.2 Å². The molecule has 0 aromatic heterocycles. The highest BCUT2D eigenvalue weighted by Crippen LogP contribution is 2.45. The number of aliphatic hydroxyl groups is 4. The van der Waals surface area contributed by atoms with Crippen LogP contribution in [0.1, 0.15) is 41.2 Å². The maximum atomic E-state index is 10.4. The van der Waals surface area contributed by atoms with Gasteiger partial charge in [0.25, 0.3) is 0 Å². The van der Waals surface area contributed by atoms with Gasteiger partial charge in [0.2, 0.25) is 0 Å². The number of benzene rings is 2. The topological polar surface area (TPSA) is 90.2 Å². The zero-order valence-corrected chi connectivity index (χ0v) is 16.5. The van der Waals surface area contributed by atoms with Gasteiger partial charge in [-0.15, -0.1) is 11.8 Å². The van der Waals surface area contributed by atoms with Gasteiger partial charge >= 0.3 is 0 Å². The predicted molar refractivity (Wildman–Crippen MR) is 108 cm³/mol. The molecule has 2 aliphatic heterocycles. The van der Waals surface area contributed by atoms with E-state index in [-0.39, 0.29) is 5.92 Å². The maximum Gasteiger partial charge on any atom is 0.113 e. The van der Waals surface area contributed by atoms with Crippen molar-refractivity contribution in [3.05, 3.63) is 64.7 Å². The van der Waals surface area contributed by atoms with Gasteiger partial charge in [0, 0.05) is 16.6 Å². The van der Waals surface area contributed by atoms with Crippen LogP contribution in [0.4, 0.5) is 0 Å². The first-order chi connectivity index (χ1) is 13.5. The fourth-order valence-corrected chi connectivity index (χ4v) is 5.30. The Morgan fingerprint density at radius 2 is 1.68 bits per heavy atom. The molecular weight excluding hydrogens is 376 g/mol. The third-order valence-corrected chi connectivity index (χ3v) is 7.01. The Morgan fingerprint density at radius 1 is 0.964 bits per heavy atom. The van der Waals surface area contributed by atoms with E-state index in [1.165, 1.54) is 21.6 Å². The van der Waals surface area contributed by atoms with Crippen molar-refractivity contribution in [2.45, 2.75) is 54.7 Å². The number of hydrogen-bond acceptors (Lipinski definition) is 6. The normalized spacial score (nSPS) is 32.3. The van der Waals surface area contributed by atoms with E-state index in [1.807, 2.05) is 30.0 Å². The summed E-state index contributed by atoms with van der Waals surface area (Å²) >= 11 is 1.81. The van der Waals surface area contributed by atoms with E-state index in [2.05, 4.69) is 31.2 Å². The number of rotatable bonds is 4. The third kappa shape index (κ3) is 3.49. The molecule has 0 radical (unpaired) electrons. The molecule has 0 amide bonds. The lowest BCUT2D eigenvalue weighted by atomic mass is 9.87. The number of thioether (sulfide) groups is 1. The zero-order valence-electron chi connectivity index (χ0n) is 15.7. The fourth-order valence-electron chi connectivity index (χ4n) is 4.05. The standard InChI is InChI=1S/C22H26O5S/c1-2-12-3-5-13(6-4-12)16-11-28-18-8-7-14(9-15(16)18)22-21(26)20(25)19(24)17(10-23)27-22/h3-9,16-17,19-26H,2,10-11H2,1H3/t16-,17-,19-,20+,21-,22+/m1/s1. The van der Waals surface area contributed by atoms with Crippen LogP contribution in [-0.2, 0) is 11.2 Å². The SMILES string of the molecule is CCc1ccc([C@H]2CSc3ccc([C@@H]4O[C@H](CO)[C@@H](O)[C@H](O)[C@H]4O)cc32)cc1. The van der Waals surface area contributed by atoms with Crippen LogP contribution in [0.25, 0.3) is 0 Å². The van der Waals surface area contributed by atoms with E-state index in [1.54, 1.807) is 0 Å². The van der Waals surface area contributed by atoms with Crippen LogP contribution >= 0.6 is 11.8 Å². The summed E-state index contributed by atoms with van der Waals surface area (Å²) in [5.41, 5.74) is 4.50. The molecule has 6 atom stereocenters. The molecule has 4 N–H and O–H groups in total. The van der Waals surface area contributed by atoms with Crippen LogP contribution in [-0.4, -0.2) is 57.2 Å². The summed E-state index contributed by atoms with van der Waals surface area (Å²) in [7, 11) is 0. The summed E-state index contributed by atoms with van der Waals surface area (Å²) in [6, 6.07) is 14.6. The molecule has 2 heterocycles. The molecule has 5 nitrogen and oxygen atoms in total. The lowest BCUT2D eigenvalue weighted by Gasteiger charge is -2.40. The van der Waals surface area contributed by atoms with Crippen LogP contribution < -0.4 is 0 Å². The highest BCUT2D eigenvalue weighted by molar-refractivity contribution is 7.99. The van der Waals surface area contributed by atoms with Gasteiger partial charge in [0.1, 0.15) is 30.5 Å². The Bertz CT molecular complexity index is 822. The highest BCUT2D eigenvalue weighted by Gasteiger charge is 2.44. The molecule has 1 fully saturated rings. The second kappa shape index (κ2) is 8.14. The van der Waals surface area contributed by atoms with Crippen molar-refractivity contribution >= 4 is 11.8 Å². The van der Waals surface area contributed by atoms with Gasteiger partial charge in [0.15, 0.2) is 0 Å². The van der Waals surface area contributed by atoms with Crippen molar-refractivity contribution in [3.63, 3.8) is 0 Å². The molecule has 2 aromatic carbocycles. The third-order valence-electron chi connectivity index (χ3n) is 5.83. The minimum absolute atomic E-state index is 0.260. The quantitative estimate of drug-likeness (QED) is 0.626. The van der Waals surface area contributed by atoms with E-state index in [4.69, 9.17) is 4.74 Å². The second-order valence-corrected chi connectivity index (χ2v) is 8.57. The minimum Gasteiger partial charge on any atom is -0.394 e. The van der Waals surface area contributed by atoms with E-state index in [0.29, 0.717) is 0 Å². The smallest absolute Gasteiger partial charge is 0.113 e. The molecule has 2 aliphatic rings. The Labute approximate surface area is 169 Å². The summed E-state index contributed by atoms with van der Waals surface area (Å²) in [5, 5.41) is 40.0. The van der Waals surface area contributed by atoms with Crippen LogP contribution in [0.2, 0.25) is 0 Å². The van der Waals surface area contributed by atoms with Crippen LogP contribution in [0.3, 0.4) is 0 Å². The second-order valence-electron chi connectivity index (χ2n) is 7.51. The van der Waals surface area contributed by atoms with Gasteiger partial charge < -0.3 is 25.2 Å². The van der Waals surface area contributed by atoms with Gasteiger partial charge in [-0.3, -0.25) is 0 Å². The first kappa shape index (κ1) is 19.9. The maximum absolute atomic E-state index is 10.4. The molecule has 0 bridgehead atoms. The monoisotopic (exact) mass is 402 g/mol. The van der Waals surface area contributed by atoms with E-state index >= 15 is 0 Å². The Hall–Kier alpha value is -1.41. The summed E-state index contributed by atoms with van der Waals surface area (Å²) in [5.74, 6) is 1.22. The Kier molecular flexibility index (Phi) is 5.78. The summed E-state index contributed by atoms with van der Waals surface area (Å²) in [6.07, 6.45) is -4.65. The lowest BCUT2D eigenvalue weighted by molar-refractivity contribution is -0.231. The van der Waals surface area contributed by atoms with Gasteiger partial charge in [0.05, 0.1) is 6.61 Å². The van der Waals surface area contributed by atoms with Crippen LogP contribution in [0.5, 0.6) is 0 Å². The first-order valence-corrected chi connectivity index (χ1v) is 10.7. The summed E-state index contributed by atoms with van der Waals surface area (Å²) in [6.45, 7) is 1.72. The molecule has 4 rings (SSSR count). The van der Waals surface area contributed by atoms with E-state index in [9.17, 15) is 20.4 Å². The number of hydrogen-bond donors (Lipinski definition) is 4. The minimum atomic E-state index is -1.36. The van der Waals surface area contributed by atoms with E-state index in [0.717, 1.165) is 17.7 Å². The number of fused-ring (bicyclic) bond motifs is 1. The van der Waals surface area contributed by atoms with Crippen LogP contribution in [0, 0.1) is 0 Å². The zero-order chi connectivity index (χ0) is 19.8. The number of aryl methyl sites for hydroxylation is 1. The fraction of sp³-hybridized carbons (Fsp3) is 0.455. The average molecular weight is 403 g/mol. The Morgan fingerprint density at radius 3 is 2.36 bits per heavy atom. The van der Waals surface area contributed by atoms with Gasteiger partial charge in [-0.05, 0) is 34.7 Å². The summed E-state index contributed by atoms with van der Waals surface area (Å²) in [4.78, 5) is 1.21. The van der Waals surface area contributed by atoms with Crippen molar-refractivity contribution in [2.24, 2.45) is 0 Å². The molecule has 2 aromatic rings. The molecule has 150 valence electrons. The molecule has 0 unspecified atom stereocenters. The van der Waals surface area contributed by atoms with Gasteiger partial charge in [-0.2, -0.15) is 0 Å². The van der Waals surface area contributed by atoms with Gasteiger partial charge in [-0.25, -0.2) is 0 Å². The van der Waals surface area contributed by atoms with Crippen molar-refractivity contribution in [2.75, 3.05) is 12.4 Å². The van der Waals surface area contributed by atoms with E-state index < -0.39 is 37.1 Å². The molecular formula is C22H26O5S. The Balaban J connectivity index is 1.64. The largest absolute Gasteiger partial charge is 0.394 e. The highest BCUT2D eigenvalue weighted by atomic mass is 32.2. The van der Waals surface area contributed by atoms with Gasteiger partial charge in [-0.1, -0.05) is 43.3 Å². The number of aliphatic hydroxyl groups excluding tert-OH is 4. The average Bonchev–Trinajstić information content (AvgIpc) is 3.15. The predicted octanol–water partition coefficient (Wildman–Crippen LogP) is 2.00.